The van der Waals surface area contributed by atoms with E-state index in [4.69, 9.17) is 10.5 Å². The van der Waals surface area contributed by atoms with Crippen LogP contribution in [0, 0.1) is 34.0 Å². The maximum atomic E-state index is 13.7. The van der Waals surface area contributed by atoms with E-state index in [0.29, 0.717) is 25.9 Å². The van der Waals surface area contributed by atoms with Gasteiger partial charge in [-0.2, -0.15) is 0 Å². The monoisotopic (exact) mass is 573 g/mol. The second kappa shape index (κ2) is 12.8. The maximum absolute atomic E-state index is 13.7. The number of hydrogen-bond acceptors (Lipinski definition) is 8. The highest BCUT2D eigenvalue weighted by Crippen LogP contribution is 2.67. The van der Waals surface area contributed by atoms with Crippen LogP contribution in [0.15, 0.2) is 29.2 Å². The summed E-state index contributed by atoms with van der Waals surface area (Å²) >= 11 is 1.46. The van der Waals surface area contributed by atoms with Crippen LogP contribution in [-0.2, 0) is 20.9 Å². The molecule has 1 aromatic rings. The van der Waals surface area contributed by atoms with Gasteiger partial charge in [-0.1, -0.05) is 39.8 Å². The fourth-order valence-corrected chi connectivity index (χ4v) is 9.03. The Balaban J connectivity index is 1.62. The molecule has 3 aliphatic carbocycles. The van der Waals surface area contributed by atoms with Crippen LogP contribution in [0.25, 0.3) is 0 Å². The molecule has 7 nitrogen and oxygen atoms in total. The first kappa shape index (κ1) is 31.5. The molecule has 5 N–H and O–H groups in total. The van der Waals surface area contributed by atoms with Gasteiger partial charge in [0.2, 0.25) is 0 Å². The fraction of sp³-hybridized carbons (Fsp3) is 0.750. The number of ketones is 1. The summed E-state index contributed by atoms with van der Waals surface area (Å²) in [4.78, 5) is 28.1. The third-order valence-corrected chi connectivity index (χ3v) is 12.0. The third kappa shape index (κ3) is 5.89. The predicted molar refractivity (Wildman–Crippen MR) is 161 cm³/mol. The van der Waals surface area contributed by atoms with Crippen molar-refractivity contribution in [2.75, 3.05) is 32.4 Å². The topological polar surface area (TPSA) is 114 Å². The van der Waals surface area contributed by atoms with Gasteiger partial charge in [0.15, 0.2) is 0 Å². The summed E-state index contributed by atoms with van der Waals surface area (Å²) in [7, 11) is 1.95. The number of aliphatic hydroxyl groups is 1. The molecule has 0 radical (unpaired) electrons. The minimum atomic E-state index is -0.604. The van der Waals surface area contributed by atoms with Crippen LogP contribution in [-0.4, -0.2) is 61.5 Å². The van der Waals surface area contributed by atoms with Crippen LogP contribution in [0.4, 0.5) is 0 Å². The number of nitrogens with one attached hydrogen (secondary N) is 2. The molecule has 0 amide bonds. The summed E-state index contributed by atoms with van der Waals surface area (Å²) in [5.41, 5.74) is 5.54. The van der Waals surface area contributed by atoms with Crippen LogP contribution in [0.2, 0.25) is 0 Å². The lowest BCUT2D eigenvalue weighted by molar-refractivity contribution is -0.210. The Bertz CT molecular complexity index is 1040. The Labute approximate surface area is 245 Å². The summed E-state index contributed by atoms with van der Waals surface area (Å²) < 4.78 is 6.45. The minimum Gasteiger partial charge on any atom is -0.461 e. The number of aliphatic hydroxyl groups excluding tert-OH is 1. The Kier molecular flexibility index (Phi) is 10.1. The summed E-state index contributed by atoms with van der Waals surface area (Å²) in [5, 5.41) is 18.8. The van der Waals surface area contributed by atoms with E-state index in [1.165, 1.54) is 11.8 Å². The Morgan fingerprint density at radius 1 is 1.18 bits per heavy atom. The number of ether oxygens (including phenoxy) is 1. The number of thioether (sulfide) groups is 1. The average Bonchev–Trinajstić information content (AvgIpc) is 3.30. The standard InChI is InChI=1S/C32H51N3O4S/c1-21-11-13-32-14-12-25(36)28(32)31(21,4)26(39-27(37)19-40-24-9-7-23(18-33)8-10-24)17-30(3,29(38)22(32)2)20-35-16-6-15-34-5/h7-10,21-22,26,28-29,34-35,38H,6,11-20,33H2,1-5H3. The van der Waals surface area contributed by atoms with Crippen molar-refractivity contribution in [3.63, 3.8) is 0 Å². The van der Waals surface area contributed by atoms with Crippen molar-refractivity contribution >= 4 is 23.5 Å². The molecule has 0 spiro atoms. The number of nitrogens with two attached hydrogens (primary N) is 1. The van der Waals surface area contributed by atoms with E-state index in [9.17, 15) is 14.7 Å². The molecule has 0 aromatic heterocycles. The molecule has 0 heterocycles. The SMILES string of the molecule is CNCCCNCC1(C)CC(OC(=O)CSc2ccc(CN)cc2)C2(C)C(C)CCC3(CCC(=O)C32)C(C)C1O. The highest BCUT2D eigenvalue weighted by Gasteiger charge is 2.68. The molecule has 40 heavy (non-hydrogen) atoms. The first-order valence-electron chi connectivity index (χ1n) is 15.2. The van der Waals surface area contributed by atoms with Crippen LogP contribution in [0.1, 0.15) is 71.8 Å². The molecule has 2 bridgehead atoms. The van der Waals surface area contributed by atoms with Gasteiger partial charge < -0.3 is 26.2 Å². The lowest BCUT2D eigenvalue weighted by Gasteiger charge is -2.62. The lowest BCUT2D eigenvalue weighted by Crippen LogP contribution is -2.64. The van der Waals surface area contributed by atoms with Gasteiger partial charge in [-0.15, -0.1) is 11.8 Å². The largest absolute Gasteiger partial charge is 0.461 e. The zero-order valence-corrected chi connectivity index (χ0v) is 25.9. The van der Waals surface area contributed by atoms with Crippen molar-refractivity contribution in [2.45, 2.75) is 89.9 Å². The predicted octanol–water partition coefficient (Wildman–Crippen LogP) is 4.16. The molecule has 8 heteroatoms. The van der Waals surface area contributed by atoms with Crippen LogP contribution in [0.5, 0.6) is 0 Å². The molecular weight excluding hydrogens is 522 g/mol. The molecule has 3 saturated carbocycles. The van der Waals surface area contributed by atoms with Gasteiger partial charge in [-0.05, 0) is 87.2 Å². The number of carbonyl (C=O) groups excluding carboxylic acids is 2. The summed E-state index contributed by atoms with van der Waals surface area (Å²) in [5.74, 6) is 0.249. The smallest absolute Gasteiger partial charge is 0.316 e. The second-order valence-electron chi connectivity index (χ2n) is 13.3. The molecule has 224 valence electrons. The molecule has 0 saturated heterocycles. The van der Waals surface area contributed by atoms with Crippen molar-refractivity contribution in [3.8, 4) is 0 Å². The molecule has 3 aliphatic rings. The Hall–Kier alpha value is -1.45. The Morgan fingerprint density at radius 3 is 2.58 bits per heavy atom. The van der Waals surface area contributed by atoms with Gasteiger partial charge >= 0.3 is 5.97 Å². The van der Waals surface area contributed by atoms with Crippen molar-refractivity contribution in [3.05, 3.63) is 29.8 Å². The first-order valence-corrected chi connectivity index (χ1v) is 16.2. The molecule has 1 aromatic carbocycles. The summed E-state index contributed by atoms with van der Waals surface area (Å²) in [6.45, 7) is 11.7. The fourth-order valence-electron chi connectivity index (χ4n) is 8.35. The van der Waals surface area contributed by atoms with Crippen LogP contribution in [0.3, 0.4) is 0 Å². The highest BCUT2D eigenvalue weighted by molar-refractivity contribution is 8.00. The van der Waals surface area contributed by atoms with E-state index >= 15 is 0 Å². The molecular formula is C32H51N3O4S. The van der Waals surface area contributed by atoms with Gasteiger partial charge in [0.25, 0.3) is 0 Å². The quantitative estimate of drug-likeness (QED) is 0.177. The molecule has 4 rings (SSSR count). The summed E-state index contributed by atoms with van der Waals surface area (Å²) in [6.07, 6.45) is 3.76. The van der Waals surface area contributed by atoms with Crippen LogP contribution < -0.4 is 16.4 Å². The molecule has 0 aliphatic heterocycles. The maximum Gasteiger partial charge on any atom is 0.316 e. The van der Waals surface area contributed by atoms with E-state index in [1.54, 1.807) is 0 Å². The van der Waals surface area contributed by atoms with Gasteiger partial charge in [-0.3, -0.25) is 9.59 Å². The average molecular weight is 574 g/mol. The number of carbonyl (C=O) groups is 2. The van der Waals surface area contributed by atoms with Crippen molar-refractivity contribution in [1.82, 2.24) is 10.6 Å². The normalized spacial score (nSPS) is 37.5. The highest BCUT2D eigenvalue weighted by atomic mass is 32.2. The van der Waals surface area contributed by atoms with Gasteiger partial charge in [0, 0.05) is 41.2 Å². The third-order valence-electron chi connectivity index (χ3n) is 11.0. The lowest BCUT2D eigenvalue weighted by atomic mass is 9.44. The Morgan fingerprint density at radius 2 is 1.90 bits per heavy atom. The number of esters is 1. The second-order valence-corrected chi connectivity index (χ2v) is 14.3. The zero-order valence-electron chi connectivity index (χ0n) is 25.1. The summed E-state index contributed by atoms with van der Waals surface area (Å²) in [6, 6.07) is 7.94. The van der Waals surface area contributed by atoms with E-state index in [-0.39, 0.29) is 40.7 Å². The number of Topliss-reactive ketones (excluding diaryl/α,β-unsaturated/α-hetero) is 1. The minimum absolute atomic E-state index is 0.0106. The van der Waals surface area contributed by atoms with Gasteiger partial charge in [-0.25, -0.2) is 0 Å². The molecule has 8 atom stereocenters. The van der Waals surface area contributed by atoms with E-state index < -0.39 is 23.0 Å². The molecule has 8 unspecified atom stereocenters. The van der Waals surface area contributed by atoms with E-state index in [2.05, 4.69) is 38.3 Å². The van der Waals surface area contributed by atoms with Gasteiger partial charge in [0.05, 0.1) is 11.9 Å². The number of hydrogen-bond donors (Lipinski definition) is 4. The zero-order chi connectivity index (χ0) is 29.1. The van der Waals surface area contributed by atoms with Crippen molar-refractivity contribution in [2.24, 2.45) is 39.7 Å². The van der Waals surface area contributed by atoms with E-state index in [0.717, 1.165) is 49.2 Å². The number of rotatable bonds is 11. The van der Waals surface area contributed by atoms with Gasteiger partial charge in [0.1, 0.15) is 11.9 Å². The van der Waals surface area contributed by atoms with Crippen molar-refractivity contribution in [1.29, 1.82) is 0 Å². The van der Waals surface area contributed by atoms with Crippen molar-refractivity contribution < 1.29 is 19.4 Å². The molecule has 3 fully saturated rings. The van der Waals surface area contributed by atoms with Crippen LogP contribution >= 0.6 is 11.8 Å². The van der Waals surface area contributed by atoms with E-state index in [1.807, 2.05) is 31.3 Å². The number of benzene rings is 1. The first-order chi connectivity index (χ1) is 19.0.